The number of hydrogen-bond acceptors (Lipinski definition) is 5. The first kappa shape index (κ1) is 24.4. The average molecular weight is 478 g/mol. The van der Waals surface area contributed by atoms with Gasteiger partial charge in [0.1, 0.15) is 17.9 Å². The molecule has 0 spiro atoms. The lowest BCUT2D eigenvalue weighted by Gasteiger charge is -2.18. The van der Waals surface area contributed by atoms with Gasteiger partial charge in [0.05, 0.1) is 17.9 Å². The lowest BCUT2D eigenvalue weighted by Crippen LogP contribution is -2.33. The van der Waals surface area contributed by atoms with Gasteiger partial charge in [-0.2, -0.15) is 13.2 Å². The number of benzene rings is 2. The summed E-state index contributed by atoms with van der Waals surface area (Å²) in [6.45, 7) is 1.15. The summed E-state index contributed by atoms with van der Waals surface area (Å²) in [5.41, 5.74) is -1.16. The number of aromatic nitrogens is 1. The minimum Gasteiger partial charge on any atom is -0.489 e. The van der Waals surface area contributed by atoms with Crippen molar-refractivity contribution in [3.8, 4) is 11.4 Å². The number of carbonyl (C=O) groups is 1. The Labute approximate surface area is 193 Å². The van der Waals surface area contributed by atoms with E-state index in [0.29, 0.717) is 0 Å². The Balaban J connectivity index is 2.04. The number of aliphatic hydroxyl groups excluding tert-OH is 1. The number of thiol groups is 1. The maximum Gasteiger partial charge on any atom is 0.416 e. The second-order valence-corrected chi connectivity index (χ2v) is 7.63. The number of halogens is 3. The predicted molar refractivity (Wildman–Crippen MR) is 119 cm³/mol. The van der Waals surface area contributed by atoms with Gasteiger partial charge in [0.15, 0.2) is 0 Å². The number of pyridine rings is 1. The van der Waals surface area contributed by atoms with Crippen LogP contribution >= 0.6 is 12.6 Å². The number of nitrogens with one attached hydrogen (secondary N) is 1. The number of alkyl halides is 3. The first-order chi connectivity index (χ1) is 15.6. The van der Waals surface area contributed by atoms with Crippen molar-refractivity contribution in [2.24, 2.45) is 0 Å². The van der Waals surface area contributed by atoms with Gasteiger partial charge in [-0.3, -0.25) is 14.2 Å². The van der Waals surface area contributed by atoms with Crippen molar-refractivity contribution in [1.29, 1.82) is 0 Å². The molecular weight excluding hydrogens is 457 g/mol. The maximum atomic E-state index is 13.2. The van der Waals surface area contributed by atoms with Crippen LogP contribution in [0.4, 0.5) is 13.2 Å². The second-order valence-electron chi connectivity index (χ2n) is 7.12. The Hall–Kier alpha value is -3.24. The van der Waals surface area contributed by atoms with E-state index in [4.69, 9.17) is 9.84 Å². The standard InChI is InChI=1S/C23H21F3N2O4S/c1-14-20(32-10-9-29)12-19(21(30)27-13-15-5-7-18(33)8-6-15)22(31)28(14)17-4-2-3-16(11-17)23(24,25)26/h2-8,11-12,29,33H,9-10,13H2,1H3,(H,27,30). The van der Waals surface area contributed by atoms with Crippen LogP contribution < -0.4 is 15.6 Å². The lowest BCUT2D eigenvalue weighted by atomic mass is 10.1. The van der Waals surface area contributed by atoms with Gasteiger partial charge in [-0.05, 0) is 42.8 Å². The van der Waals surface area contributed by atoms with E-state index in [9.17, 15) is 22.8 Å². The summed E-state index contributed by atoms with van der Waals surface area (Å²) in [6, 6.07) is 12.5. The van der Waals surface area contributed by atoms with Crippen LogP contribution in [0.5, 0.6) is 5.75 Å². The maximum absolute atomic E-state index is 13.2. The van der Waals surface area contributed by atoms with Gasteiger partial charge in [-0.1, -0.05) is 18.2 Å². The van der Waals surface area contributed by atoms with Crippen molar-refractivity contribution in [3.05, 3.63) is 87.3 Å². The van der Waals surface area contributed by atoms with Crippen LogP contribution in [0, 0.1) is 6.92 Å². The summed E-state index contributed by atoms with van der Waals surface area (Å²) in [5, 5.41) is 11.7. The first-order valence-electron chi connectivity index (χ1n) is 9.86. The molecule has 0 radical (unpaired) electrons. The number of amides is 1. The average Bonchev–Trinajstić information content (AvgIpc) is 2.78. The van der Waals surface area contributed by atoms with Crippen molar-refractivity contribution >= 4 is 18.5 Å². The molecule has 174 valence electrons. The van der Waals surface area contributed by atoms with E-state index in [0.717, 1.165) is 27.2 Å². The number of nitrogens with zero attached hydrogens (tertiary/aromatic N) is 1. The number of ether oxygens (including phenoxy) is 1. The number of hydrogen-bond donors (Lipinski definition) is 3. The van der Waals surface area contributed by atoms with E-state index in [1.807, 2.05) is 0 Å². The molecule has 0 aliphatic rings. The fraction of sp³-hybridized carbons (Fsp3) is 0.217. The smallest absolute Gasteiger partial charge is 0.416 e. The minimum absolute atomic E-state index is 0.0693. The summed E-state index contributed by atoms with van der Waals surface area (Å²) in [5.74, 6) is -0.629. The van der Waals surface area contributed by atoms with Gasteiger partial charge < -0.3 is 15.2 Å². The molecule has 0 aliphatic carbocycles. The largest absolute Gasteiger partial charge is 0.489 e. The highest BCUT2D eigenvalue weighted by Crippen LogP contribution is 2.31. The molecule has 2 N–H and O–H groups in total. The Bertz CT molecular complexity index is 1210. The fourth-order valence-corrected chi connectivity index (χ4v) is 3.32. The zero-order valence-corrected chi connectivity index (χ0v) is 18.4. The molecule has 6 nitrogen and oxygen atoms in total. The molecule has 0 bridgehead atoms. The summed E-state index contributed by atoms with van der Waals surface area (Å²) < 4.78 is 46.1. The molecule has 0 saturated heterocycles. The Morgan fingerprint density at radius 3 is 2.48 bits per heavy atom. The lowest BCUT2D eigenvalue weighted by molar-refractivity contribution is -0.137. The van der Waals surface area contributed by atoms with E-state index in [-0.39, 0.29) is 42.5 Å². The molecule has 1 amide bonds. The molecule has 0 saturated carbocycles. The second kappa shape index (κ2) is 10.1. The molecule has 0 atom stereocenters. The van der Waals surface area contributed by atoms with E-state index < -0.39 is 23.2 Å². The van der Waals surface area contributed by atoms with Crippen LogP contribution in [0.2, 0.25) is 0 Å². The zero-order valence-electron chi connectivity index (χ0n) is 17.5. The third kappa shape index (κ3) is 5.77. The van der Waals surface area contributed by atoms with Gasteiger partial charge >= 0.3 is 6.18 Å². The molecule has 33 heavy (non-hydrogen) atoms. The molecule has 1 heterocycles. The van der Waals surface area contributed by atoms with Crippen molar-refractivity contribution in [2.75, 3.05) is 13.2 Å². The SMILES string of the molecule is Cc1c(OCCO)cc(C(=O)NCc2ccc(S)cc2)c(=O)n1-c1cccc(C(F)(F)F)c1. The predicted octanol–water partition coefficient (Wildman–Crippen LogP) is 3.75. The number of carbonyl (C=O) groups excluding carboxylic acids is 1. The molecule has 0 aliphatic heterocycles. The van der Waals surface area contributed by atoms with Gasteiger partial charge in [-0.15, -0.1) is 12.6 Å². The van der Waals surface area contributed by atoms with Crippen molar-refractivity contribution in [2.45, 2.75) is 24.5 Å². The summed E-state index contributed by atoms with van der Waals surface area (Å²) >= 11 is 4.20. The normalized spacial score (nSPS) is 11.3. The molecule has 3 aromatic rings. The molecule has 0 unspecified atom stereocenters. The first-order valence-corrected chi connectivity index (χ1v) is 10.3. The molecule has 1 aromatic heterocycles. The molecule has 2 aromatic carbocycles. The summed E-state index contributed by atoms with van der Waals surface area (Å²) in [6.07, 6.45) is -4.61. The van der Waals surface area contributed by atoms with Crippen LogP contribution in [-0.2, 0) is 12.7 Å². The van der Waals surface area contributed by atoms with E-state index in [2.05, 4.69) is 17.9 Å². The minimum atomic E-state index is -4.61. The van der Waals surface area contributed by atoms with Crippen LogP contribution in [-0.4, -0.2) is 28.8 Å². The highest BCUT2D eigenvalue weighted by atomic mass is 32.1. The highest BCUT2D eigenvalue weighted by molar-refractivity contribution is 7.80. The summed E-state index contributed by atoms with van der Waals surface area (Å²) in [7, 11) is 0. The van der Waals surface area contributed by atoms with Crippen molar-refractivity contribution in [1.82, 2.24) is 9.88 Å². The number of aliphatic hydroxyl groups is 1. The molecule has 10 heteroatoms. The van der Waals surface area contributed by atoms with Crippen LogP contribution in [0.25, 0.3) is 5.69 Å². The third-order valence-electron chi connectivity index (χ3n) is 4.82. The number of rotatable bonds is 7. The highest BCUT2D eigenvalue weighted by Gasteiger charge is 2.31. The van der Waals surface area contributed by atoms with Crippen LogP contribution in [0.3, 0.4) is 0 Å². The van der Waals surface area contributed by atoms with Gasteiger partial charge in [0.2, 0.25) is 0 Å². The van der Waals surface area contributed by atoms with Gasteiger partial charge in [0, 0.05) is 23.2 Å². The van der Waals surface area contributed by atoms with Gasteiger partial charge in [-0.25, -0.2) is 0 Å². The molecule has 3 rings (SSSR count). The van der Waals surface area contributed by atoms with E-state index >= 15 is 0 Å². The van der Waals surface area contributed by atoms with Crippen molar-refractivity contribution in [3.63, 3.8) is 0 Å². The Kier molecular flexibility index (Phi) is 7.50. The van der Waals surface area contributed by atoms with E-state index in [1.54, 1.807) is 24.3 Å². The van der Waals surface area contributed by atoms with Crippen molar-refractivity contribution < 1.29 is 27.8 Å². The molecule has 0 fully saturated rings. The fourth-order valence-electron chi connectivity index (χ4n) is 3.17. The monoisotopic (exact) mass is 478 g/mol. The topological polar surface area (TPSA) is 80.6 Å². The quantitative estimate of drug-likeness (QED) is 0.452. The third-order valence-corrected chi connectivity index (χ3v) is 5.11. The zero-order chi connectivity index (χ0) is 24.2. The Morgan fingerprint density at radius 1 is 1.15 bits per heavy atom. The van der Waals surface area contributed by atoms with E-state index in [1.165, 1.54) is 25.1 Å². The van der Waals surface area contributed by atoms with Gasteiger partial charge in [0.25, 0.3) is 11.5 Å². The summed E-state index contributed by atoms with van der Waals surface area (Å²) in [4.78, 5) is 26.8. The van der Waals surface area contributed by atoms with Crippen LogP contribution in [0.1, 0.15) is 27.2 Å². The van der Waals surface area contributed by atoms with Crippen LogP contribution in [0.15, 0.2) is 64.3 Å². The Morgan fingerprint density at radius 2 is 1.85 bits per heavy atom. The molecular formula is C23H21F3N2O4S.